The predicted molar refractivity (Wildman–Crippen MR) is 71.3 cm³/mol. The normalized spacial score (nSPS) is 14.7. The summed E-state index contributed by atoms with van der Waals surface area (Å²) in [5.74, 6) is 0.0326. The lowest BCUT2D eigenvalue weighted by atomic mass is 10.3. The van der Waals surface area contributed by atoms with E-state index in [1.54, 1.807) is 0 Å². The van der Waals surface area contributed by atoms with Crippen LogP contribution in [0.2, 0.25) is 0 Å². The molecule has 0 saturated heterocycles. The zero-order valence-electron chi connectivity index (χ0n) is 10.2. The Bertz CT molecular complexity index is 555. The highest BCUT2D eigenvalue weighted by molar-refractivity contribution is 7.16. The summed E-state index contributed by atoms with van der Waals surface area (Å²) in [5, 5.41) is 3.88. The molecule has 4 nitrogen and oxygen atoms in total. The molecule has 1 aliphatic carbocycles. The van der Waals surface area contributed by atoms with Gasteiger partial charge in [0.05, 0.1) is 5.69 Å². The fraction of sp³-hybridized carbons (Fsp3) is 0.385. The van der Waals surface area contributed by atoms with Crippen LogP contribution in [0.5, 0.6) is 0 Å². The first-order valence-electron chi connectivity index (χ1n) is 6.22. The zero-order chi connectivity index (χ0) is 12.5. The van der Waals surface area contributed by atoms with E-state index in [9.17, 15) is 4.79 Å². The van der Waals surface area contributed by atoms with Crippen molar-refractivity contribution in [2.24, 2.45) is 0 Å². The zero-order valence-corrected chi connectivity index (χ0v) is 11.0. The van der Waals surface area contributed by atoms with Gasteiger partial charge in [0.25, 0.3) is 5.91 Å². The van der Waals surface area contributed by atoms with Gasteiger partial charge in [-0.05, 0) is 31.4 Å². The molecule has 3 rings (SSSR count). The smallest absolute Gasteiger partial charge is 0.263 e. The predicted octanol–water partition coefficient (Wildman–Crippen LogP) is 2.39. The van der Waals surface area contributed by atoms with Crippen LogP contribution in [-0.2, 0) is 6.42 Å². The van der Waals surface area contributed by atoms with Crippen LogP contribution in [0.1, 0.15) is 35.1 Å². The topological polar surface area (TPSA) is 46.9 Å². The molecule has 1 fully saturated rings. The summed E-state index contributed by atoms with van der Waals surface area (Å²) in [4.78, 5) is 17.4. The highest BCUT2D eigenvalue weighted by Gasteiger charge is 2.26. The standard InChI is InChI=1S/C13H15N3OS/c1-2-10-11(12(17)14-9-5-6-9)18-13(15-10)16-7-3-4-8-16/h3-4,7-9H,2,5-6H2,1H3,(H,14,17). The van der Waals surface area contributed by atoms with E-state index < -0.39 is 0 Å². The second-order valence-electron chi connectivity index (χ2n) is 4.46. The number of nitrogens with zero attached hydrogens (tertiary/aromatic N) is 2. The van der Waals surface area contributed by atoms with Crippen molar-refractivity contribution in [3.05, 3.63) is 35.1 Å². The quantitative estimate of drug-likeness (QED) is 0.918. The van der Waals surface area contributed by atoms with Crippen molar-refractivity contribution < 1.29 is 4.79 Å². The number of carbonyl (C=O) groups is 1. The first-order valence-corrected chi connectivity index (χ1v) is 7.03. The van der Waals surface area contributed by atoms with Crippen LogP contribution in [0.4, 0.5) is 0 Å². The number of hydrogen-bond acceptors (Lipinski definition) is 3. The van der Waals surface area contributed by atoms with Crippen LogP contribution >= 0.6 is 11.3 Å². The molecule has 2 aromatic heterocycles. The average molecular weight is 261 g/mol. The molecule has 0 aromatic carbocycles. The summed E-state index contributed by atoms with van der Waals surface area (Å²) in [7, 11) is 0. The molecule has 2 heterocycles. The Morgan fingerprint density at radius 1 is 1.50 bits per heavy atom. The third-order valence-electron chi connectivity index (χ3n) is 2.97. The van der Waals surface area contributed by atoms with E-state index in [0.29, 0.717) is 6.04 Å². The van der Waals surface area contributed by atoms with Gasteiger partial charge in [0.15, 0.2) is 5.13 Å². The van der Waals surface area contributed by atoms with E-state index in [-0.39, 0.29) is 5.91 Å². The number of aryl methyl sites for hydroxylation is 1. The van der Waals surface area contributed by atoms with Crippen molar-refractivity contribution in [1.29, 1.82) is 0 Å². The van der Waals surface area contributed by atoms with Gasteiger partial charge in [-0.1, -0.05) is 18.3 Å². The van der Waals surface area contributed by atoms with Crippen molar-refractivity contribution >= 4 is 17.2 Å². The molecule has 1 aliphatic rings. The fourth-order valence-electron chi connectivity index (χ4n) is 1.81. The summed E-state index contributed by atoms with van der Waals surface area (Å²) in [5.41, 5.74) is 0.891. The molecule has 94 valence electrons. The number of thiazole rings is 1. The Labute approximate surface area is 110 Å². The van der Waals surface area contributed by atoms with Gasteiger partial charge in [-0.2, -0.15) is 0 Å². The number of hydrogen-bond donors (Lipinski definition) is 1. The second-order valence-corrected chi connectivity index (χ2v) is 5.44. The van der Waals surface area contributed by atoms with Crippen LogP contribution in [0.3, 0.4) is 0 Å². The first kappa shape index (κ1) is 11.5. The molecule has 1 saturated carbocycles. The van der Waals surface area contributed by atoms with E-state index in [2.05, 4.69) is 10.3 Å². The Kier molecular flexibility index (Phi) is 2.91. The maximum absolute atomic E-state index is 12.1. The SMILES string of the molecule is CCc1nc(-n2cccc2)sc1C(=O)NC1CC1. The van der Waals surface area contributed by atoms with Gasteiger partial charge in [0.2, 0.25) is 0 Å². The summed E-state index contributed by atoms with van der Waals surface area (Å²) < 4.78 is 1.94. The van der Waals surface area contributed by atoms with Crippen molar-refractivity contribution in [2.45, 2.75) is 32.2 Å². The minimum absolute atomic E-state index is 0.0326. The molecule has 0 radical (unpaired) electrons. The van der Waals surface area contributed by atoms with E-state index in [4.69, 9.17) is 0 Å². The van der Waals surface area contributed by atoms with Gasteiger partial charge in [-0.15, -0.1) is 0 Å². The summed E-state index contributed by atoms with van der Waals surface area (Å²) in [6.45, 7) is 2.03. The Morgan fingerprint density at radius 2 is 2.22 bits per heavy atom. The number of carbonyl (C=O) groups excluding carboxylic acids is 1. The maximum Gasteiger partial charge on any atom is 0.263 e. The average Bonchev–Trinajstić information content (AvgIpc) is 2.90. The van der Waals surface area contributed by atoms with Crippen LogP contribution in [0.25, 0.3) is 5.13 Å². The summed E-state index contributed by atoms with van der Waals surface area (Å²) >= 11 is 1.46. The lowest BCUT2D eigenvalue weighted by Gasteiger charge is -2.00. The molecule has 18 heavy (non-hydrogen) atoms. The third kappa shape index (κ3) is 2.18. The fourth-order valence-corrected chi connectivity index (χ4v) is 2.83. The van der Waals surface area contributed by atoms with E-state index >= 15 is 0 Å². The molecule has 0 unspecified atom stereocenters. The molecule has 0 atom stereocenters. The second kappa shape index (κ2) is 4.57. The van der Waals surface area contributed by atoms with E-state index in [1.807, 2.05) is 36.0 Å². The maximum atomic E-state index is 12.1. The highest BCUT2D eigenvalue weighted by Crippen LogP contribution is 2.25. The number of rotatable bonds is 4. The van der Waals surface area contributed by atoms with E-state index in [1.165, 1.54) is 11.3 Å². The molecule has 0 bridgehead atoms. The van der Waals surface area contributed by atoms with Gasteiger partial charge in [0.1, 0.15) is 4.88 Å². The molecule has 0 aliphatic heterocycles. The van der Waals surface area contributed by atoms with Gasteiger partial charge in [-0.3, -0.25) is 4.79 Å². The Balaban J connectivity index is 1.90. The number of amides is 1. The van der Waals surface area contributed by atoms with Gasteiger partial charge in [-0.25, -0.2) is 4.98 Å². The summed E-state index contributed by atoms with van der Waals surface area (Å²) in [6, 6.07) is 4.30. The Hall–Kier alpha value is -1.62. The van der Waals surface area contributed by atoms with Crippen molar-refractivity contribution in [2.75, 3.05) is 0 Å². The molecular formula is C13H15N3OS. The van der Waals surface area contributed by atoms with E-state index in [0.717, 1.165) is 35.0 Å². The summed E-state index contributed by atoms with van der Waals surface area (Å²) in [6.07, 6.45) is 6.89. The van der Waals surface area contributed by atoms with Crippen LogP contribution < -0.4 is 5.32 Å². The van der Waals surface area contributed by atoms with Gasteiger partial charge >= 0.3 is 0 Å². The first-order chi connectivity index (χ1) is 8.78. The lowest BCUT2D eigenvalue weighted by Crippen LogP contribution is -2.25. The molecule has 2 aromatic rings. The third-order valence-corrected chi connectivity index (χ3v) is 4.07. The molecule has 0 spiro atoms. The number of aromatic nitrogens is 2. The van der Waals surface area contributed by atoms with Crippen molar-refractivity contribution in [3.63, 3.8) is 0 Å². The Morgan fingerprint density at radius 3 is 2.83 bits per heavy atom. The molecule has 1 amide bonds. The largest absolute Gasteiger partial charge is 0.349 e. The van der Waals surface area contributed by atoms with Crippen LogP contribution in [-0.4, -0.2) is 21.5 Å². The molecule has 5 heteroatoms. The van der Waals surface area contributed by atoms with Gasteiger partial charge in [0, 0.05) is 18.4 Å². The molecular weight excluding hydrogens is 246 g/mol. The van der Waals surface area contributed by atoms with Crippen molar-refractivity contribution in [1.82, 2.24) is 14.9 Å². The lowest BCUT2D eigenvalue weighted by molar-refractivity contribution is 0.0954. The minimum atomic E-state index is 0.0326. The van der Waals surface area contributed by atoms with Crippen LogP contribution in [0, 0.1) is 0 Å². The van der Waals surface area contributed by atoms with Crippen LogP contribution in [0.15, 0.2) is 24.5 Å². The number of nitrogens with one attached hydrogen (secondary N) is 1. The highest BCUT2D eigenvalue weighted by atomic mass is 32.1. The van der Waals surface area contributed by atoms with Gasteiger partial charge < -0.3 is 9.88 Å². The monoisotopic (exact) mass is 261 g/mol. The molecule has 1 N–H and O–H groups in total. The minimum Gasteiger partial charge on any atom is -0.349 e. The van der Waals surface area contributed by atoms with Crippen molar-refractivity contribution in [3.8, 4) is 5.13 Å².